The van der Waals surface area contributed by atoms with E-state index in [0.29, 0.717) is 39.0 Å². The Morgan fingerprint density at radius 1 is 1.52 bits per heavy atom. The molecule has 2 saturated heterocycles. The molecule has 2 fully saturated rings. The van der Waals surface area contributed by atoms with Gasteiger partial charge in [-0.2, -0.15) is 4.39 Å². The summed E-state index contributed by atoms with van der Waals surface area (Å²) in [5.41, 5.74) is -0.217. The first-order valence-corrected chi connectivity index (χ1v) is 7.06. The van der Waals surface area contributed by atoms with Crippen LogP contribution in [0.4, 0.5) is 14.9 Å². The molecule has 2 aliphatic heterocycles. The Morgan fingerprint density at radius 3 is 2.90 bits per heavy atom. The molecule has 0 saturated carbocycles. The molecule has 0 unspecified atom stereocenters. The number of hydrogen-bond acceptors (Lipinski definition) is 4. The van der Waals surface area contributed by atoms with Crippen LogP contribution in [0.1, 0.15) is 19.3 Å². The Labute approximate surface area is 121 Å². The highest BCUT2D eigenvalue weighted by molar-refractivity contribution is 5.89. The van der Waals surface area contributed by atoms with Crippen LogP contribution in [0.5, 0.6) is 0 Å². The first-order chi connectivity index (χ1) is 10.1. The van der Waals surface area contributed by atoms with Crippen LogP contribution in [0.2, 0.25) is 0 Å². The summed E-state index contributed by atoms with van der Waals surface area (Å²) in [5, 5.41) is 12.1. The van der Waals surface area contributed by atoms with E-state index in [-0.39, 0.29) is 17.3 Å². The first kappa shape index (κ1) is 14.2. The van der Waals surface area contributed by atoms with Crippen molar-refractivity contribution in [3.63, 3.8) is 0 Å². The van der Waals surface area contributed by atoms with Crippen molar-refractivity contribution in [1.29, 1.82) is 0 Å². The largest absolute Gasteiger partial charge is 0.391 e. The summed E-state index contributed by atoms with van der Waals surface area (Å²) in [6, 6.07) is 2.70. The van der Waals surface area contributed by atoms with Crippen molar-refractivity contribution in [2.75, 3.05) is 25.0 Å². The number of carbonyl (C=O) groups excluding carboxylic acids is 1. The van der Waals surface area contributed by atoms with Gasteiger partial charge in [0.15, 0.2) is 0 Å². The maximum absolute atomic E-state index is 13.4. The van der Waals surface area contributed by atoms with Crippen LogP contribution in [0, 0.1) is 5.95 Å². The second kappa shape index (κ2) is 5.57. The summed E-state index contributed by atoms with van der Waals surface area (Å²) in [5.74, 6) is -0.693. The number of carbonyl (C=O) groups is 1. The molecule has 2 amide bonds. The fourth-order valence-electron chi connectivity index (χ4n) is 2.96. The lowest BCUT2D eigenvalue weighted by Crippen LogP contribution is -2.48. The molecule has 0 aromatic carbocycles. The van der Waals surface area contributed by atoms with Gasteiger partial charge in [-0.1, -0.05) is 0 Å². The number of likely N-dealkylation sites (tertiary alicyclic amines) is 1. The molecular formula is C14H18FN3O3. The van der Waals surface area contributed by atoms with Crippen molar-refractivity contribution in [2.24, 2.45) is 0 Å². The average Bonchev–Trinajstić information content (AvgIpc) is 2.83. The third kappa shape index (κ3) is 2.98. The molecule has 0 bridgehead atoms. The van der Waals surface area contributed by atoms with Gasteiger partial charge in [-0.15, -0.1) is 0 Å². The van der Waals surface area contributed by atoms with Crippen LogP contribution in [0.15, 0.2) is 18.3 Å². The van der Waals surface area contributed by atoms with Gasteiger partial charge in [0, 0.05) is 25.7 Å². The number of anilines is 1. The van der Waals surface area contributed by atoms with Gasteiger partial charge in [-0.3, -0.25) is 0 Å². The van der Waals surface area contributed by atoms with Crippen molar-refractivity contribution in [3.05, 3.63) is 24.3 Å². The number of halogens is 1. The highest BCUT2D eigenvalue weighted by Crippen LogP contribution is 2.35. The van der Waals surface area contributed by atoms with Gasteiger partial charge in [-0.25, -0.2) is 9.78 Å². The molecular weight excluding hydrogens is 277 g/mol. The van der Waals surface area contributed by atoms with E-state index >= 15 is 0 Å². The minimum atomic E-state index is -0.693. The summed E-state index contributed by atoms with van der Waals surface area (Å²) in [7, 11) is 0. The van der Waals surface area contributed by atoms with Crippen LogP contribution in [-0.2, 0) is 4.74 Å². The topological polar surface area (TPSA) is 74.7 Å². The smallest absolute Gasteiger partial charge is 0.321 e. The van der Waals surface area contributed by atoms with Crippen molar-refractivity contribution in [3.8, 4) is 0 Å². The highest BCUT2D eigenvalue weighted by atomic mass is 19.1. The number of piperidine rings is 1. The van der Waals surface area contributed by atoms with Crippen LogP contribution in [-0.4, -0.2) is 52.4 Å². The lowest BCUT2D eigenvalue weighted by atomic mass is 9.88. The zero-order valence-corrected chi connectivity index (χ0v) is 11.6. The SMILES string of the molecule is O=C(Nc1cccnc1F)N1CCC2(CC1)C[C@H](O)CO2. The van der Waals surface area contributed by atoms with E-state index in [1.54, 1.807) is 11.0 Å². The Bertz CT molecular complexity index is 532. The number of nitrogens with zero attached hydrogens (tertiary/aromatic N) is 2. The van der Waals surface area contributed by atoms with E-state index in [2.05, 4.69) is 10.3 Å². The molecule has 7 heteroatoms. The van der Waals surface area contributed by atoms with Gasteiger partial charge < -0.3 is 20.1 Å². The van der Waals surface area contributed by atoms with Crippen molar-refractivity contribution in [2.45, 2.75) is 31.0 Å². The summed E-state index contributed by atoms with van der Waals surface area (Å²) in [6.45, 7) is 1.42. The number of aliphatic hydroxyl groups is 1. The Hall–Kier alpha value is -1.73. The number of rotatable bonds is 1. The second-order valence-electron chi connectivity index (χ2n) is 5.61. The lowest BCUT2D eigenvalue weighted by molar-refractivity contribution is -0.0365. The number of aliphatic hydroxyl groups excluding tert-OH is 1. The quantitative estimate of drug-likeness (QED) is 0.767. The molecule has 21 heavy (non-hydrogen) atoms. The zero-order chi connectivity index (χ0) is 14.9. The first-order valence-electron chi connectivity index (χ1n) is 7.06. The third-order valence-electron chi connectivity index (χ3n) is 4.15. The Kier molecular flexibility index (Phi) is 3.77. The van der Waals surface area contributed by atoms with E-state index in [9.17, 15) is 14.3 Å². The fraction of sp³-hybridized carbons (Fsp3) is 0.571. The molecule has 0 radical (unpaired) electrons. The summed E-state index contributed by atoms with van der Waals surface area (Å²) >= 11 is 0. The number of hydrogen-bond donors (Lipinski definition) is 2. The molecule has 1 atom stereocenters. The zero-order valence-electron chi connectivity index (χ0n) is 11.6. The third-order valence-corrected chi connectivity index (χ3v) is 4.15. The lowest BCUT2D eigenvalue weighted by Gasteiger charge is -2.38. The van der Waals surface area contributed by atoms with Crippen molar-refractivity contribution < 1.29 is 19.0 Å². The standard InChI is InChI=1S/C14H18FN3O3/c15-12-11(2-1-5-16-12)17-13(20)18-6-3-14(4-7-18)8-10(19)9-21-14/h1-2,5,10,19H,3-4,6-9H2,(H,17,20)/t10-/m0/s1. The summed E-state index contributed by atoms with van der Waals surface area (Å²) < 4.78 is 19.1. The molecule has 2 aliphatic rings. The maximum Gasteiger partial charge on any atom is 0.321 e. The second-order valence-corrected chi connectivity index (χ2v) is 5.61. The molecule has 2 N–H and O–H groups in total. The molecule has 1 aromatic heterocycles. The minimum Gasteiger partial charge on any atom is -0.391 e. The van der Waals surface area contributed by atoms with Crippen LogP contribution < -0.4 is 5.32 Å². The van der Waals surface area contributed by atoms with E-state index in [1.165, 1.54) is 12.3 Å². The normalized spacial score (nSPS) is 24.3. The number of urea groups is 1. The van der Waals surface area contributed by atoms with Gasteiger partial charge >= 0.3 is 6.03 Å². The number of pyridine rings is 1. The van der Waals surface area contributed by atoms with E-state index in [1.807, 2.05) is 0 Å². The average molecular weight is 295 g/mol. The van der Waals surface area contributed by atoms with E-state index < -0.39 is 12.1 Å². The Morgan fingerprint density at radius 2 is 2.29 bits per heavy atom. The van der Waals surface area contributed by atoms with Crippen LogP contribution in [0.3, 0.4) is 0 Å². The van der Waals surface area contributed by atoms with Gasteiger partial charge in [-0.05, 0) is 25.0 Å². The Balaban J connectivity index is 1.57. The van der Waals surface area contributed by atoms with Gasteiger partial charge in [0.25, 0.3) is 0 Å². The monoisotopic (exact) mass is 295 g/mol. The molecule has 3 heterocycles. The molecule has 0 aliphatic carbocycles. The highest BCUT2D eigenvalue weighted by Gasteiger charge is 2.42. The van der Waals surface area contributed by atoms with Gasteiger partial charge in [0.2, 0.25) is 5.95 Å². The van der Waals surface area contributed by atoms with E-state index in [0.717, 1.165) is 0 Å². The number of nitrogens with one attached hydrogen (secondary N) is 1. The fourth-order valence-corrected chi connectivity index (χ4v) is 2.96. The van der Waals surface area contributed by atoms with Gasteiger partial charge in [0.1, 0.15) is 0 Å². The molecule has 1 aromatic rings. The summed E-state index contributed by atoms with van der Waals surface area (Å²) in [6.07, 6.45) is 2.92. The van der Waals surface area contributed by atoms with Crippen LogP contribution in [0.25, 0.3) is 0 Å². The predicted octanol–water partition coefficient (Wildman–Crippen LogP) is 1.37. The predicted molar refractivity (Wildman–Crippen MR) is 73.3 cm³/mol. The molecule has 114 valence electrons. The molecule has 1 spiro atoms. The van der Waals surface area contributed by atoms with Crippen LogP contribution >= 0.6 is 0 Å². The maximum atomic E-state index is 13.4. The van der Waals surface area contributed by atoms with Gasteiger partial charge in [0.05, 0.1) is 24.0 Å². The molecule has 6 nitrogen and oxygen atoms in total. The number of aromatic nitrogens is 1. The molecule has 3 rings (SSSR count). The summed E-state index contributed by atoms with van der Waals surface area (Å²) in [4.78, 5) is 17.2. The van der Waals surface area contributed by atoms with Crippen molar-refractivity contribution >= 4 is 11.7 Å². The van der Waals surface area contributed by atoms with E-state index in [4.69, 9.17) is 4.74 Å². The number of amides is 2. The van der Waals surface area contributed by atoms with Crippen molar-refractivity contribution in [1.82, 2.24) is 9.88 Å². The number of ether oxygens (including phenoxy) is 1. The minimum absolute atomic E-state index is 0.0790.